The van der Waals surface area contributed by atoms with Gasteiger partial charge >= 0.3 is 0 Å². The van der Waals surface area contributed by atoms with E-state index in [0.29, 0.717) is 23.3 Å². The Bertz CT molecular complexity index is 1020. The van der Waals surface area contributed by atoms with Crippen LogP contribution >= 0.6 is 0 Å². The molecule has 0 radical (unpaired) electrons. The minimum Gasteiger partial charge on any atom is -0.385 e. The van der Waals surface area contributed by atoms with Crippen molar-refractivity contribution in [2.24, 2.45) is 7.05 Å². The molecule has 134 valence electrons. The second-order valence-corrected chi connectivity index (χ2v) is 6.90. The van der Waals surface area contributed by atoms with Crippen molar-refractivity contribution in [2.45, 2.75) is 31.8 Å². The summed E-state index contributed by atoms with van der Waals surface area (Å²) in [5, 5.41) is 14.2. The molecule has 0 unspecified atom stereocenters. The number of hydrogen-bond acceptors (Lipinski definition) is 5. The molecule has 3 aromatic rings. The van der Waals surface area contributed by atoms with Crippen molar-refractivity contribution in [1.29, 1.82) is 0 Å². The third kappa shape index (κ3) is 2.66. The first-order valence-electron chi connectivity index (χ1n) is 8.95. The number of rotatable bonds is 4. The zero-order valence-corrected chi connectivity index (χ0v) is 15.0. The Kier molecular flexibility index (Phi) is 4.00. The number of pyridine rings is 1. The quantitative estimate of drug-likeness (QED) is 0.756. The Morgan fingerprint density at radius 2 is 2.00 bits per heavy atom. The van der Waals surface area contributed by atoms with Crippen LogP contribution in [0.2, 0.25) is 0 Å². The fourth-order valence-corrected chi connectivity index (χ4v) is 3.42. The SMILES string of the molecule is CCNc1nc(-c2ccc(C3(O)CCC3)cc2)cc2ncn(C)c(=O)c12. The van der Waals surface area contributed by atoms with Gasteiger partial charge in [0.05, 0.1) is 23.1 Å². The van der Waals surface area contributed by atoms with Gasteiger partial charge in [-0.05, 0) is 37.8 Å². The number of nitrogens with one attached hydrogen (secondary N) is 1. The van der Waals surface area contributed by atoms with Crippen molar-refractivity contribution >= 4 is 16.7 Å². The van der Waals surface area contributed by atoms with Gasteiger partial charge in [0.1, 0.15) is 11.2 Å². The van der Waals surface area contributed by atoms with E-state index in [2.05, 4.69) is 15.3 Å². The number of aryl methyl sites for hydroxylation is 1. The average Bonchev–Trinajstić information content (AvgIpc) is 2.63. The van der Waals surface area contributed by atoms with Crippen LogP contribution < -0.4 is 10.9 Å². The lowest BCUT2D eigenvalue weighted by Gasteiger charge is -2.37. The molecule has 1 aliphatic rings. The third-order valence-electron chi connectivity index (χ3n) is 5.15. The summed E-state index contributed by atoms with van der Waals surface area (Å²) in [7, 11) is 1.68. The van der Waals surface area contributed by atoms with E-state index >= 15 is 0 Å². The molecule has 1 aromatic carbocycles. The van der Waals surface area contributed by atoms with E-state index in [-0.39, 0.29) is 5.56 Å². The number of fused-ring (bicyclic) bond motifs is 1. The lowest BCUT2D eigenvalue weighted by atomic mass is 9.75. The van der Waals surface area contributed by atoms with Gasteiger partial charge in [-0.3, -0.25) is 4.79 Å². The maximum atomic E-state index is 12.5. The molecule has 1 saturated carbocycles. The highest BCUT2D eigenvalue weighted by Gasteiger charge is 2.35. The van der Waals surface area contributed by atoms with E-state index in [4.69, 9.17) is 0 Å². The number of anilines is 1. The highest BCUT2D eigenvalue weighted by atomic mass is 16.3. The van der Waals surface area contributed by atoms with E-state index in [1.54, 1.807) is 7.05 Å². The van der Waals surface area contributed by atoms with Crippen molar-refractivity contribution in [3.05, 3.63) is 52.6 Å². The molecule has 26 heavy (non-hydrogen) atoms. The molecule has 0 aliphatic heterocycles. The highest BCUT2D eigenvalue weighted by Crippen LogP contribution is 2.41. The Morgan fingerprint density at radius 1 is 1.27 bits per heavy atom. The summed E-state index contributed by atoms with van der Waals surface area (Å²) in [6.45, 7) is 2.63. The minimum atomic E-state index is -0.669. The Morgan fingerprint density at radius 3 is 2.62 bits per heavy atom. The Labute approximate surface area is 151 Å². The number of hydrogen-bond donors (Lipinski definition) is 2. The van der Waals surface area contributed by atoms with Crippen LogP contribution in [0, 0.1) is 0 Å². The van der Waals surface area contributed by atoms with Gasteiger partial charge in [-0.2, -0.15) is 0 Å². The molecule has 6 heteroatoms. The van der Waals surface area contributed by atoms with E-state index in [1.807, 2.05) is 37.3 Å². The van der Waals surface area contributed by atoms with E-state index in [0.717, 1.165) is 36.1 Å². The minimum absolute atomic E-state index is 0.118. The number of nitrogens with zero attached hydrogens (tertiary/aromatic N) is 3. The van der Waals surface area contributed by atoms with Crippen LogP contribution in [0.25, 0.3) is 22.2 Å². The largest absolute Gasteiger partial charge is 0.385 e. The Hall–Kier alpha value is -2.73. The van der Waals surface area contributed by atoms with E-state index in [1.165, 1.54) is 10.9 Å². The van der Waals surface area contributed by atoms with Crippen molar-refractivity contribution < 1.29 is 5.11 Å². The molecule has 2 N–H and O–H groups in total. The second-order valence-electron chi connectivity index (χ2n) is 6.90. The standard InChI is InChI=1S/C20H22N4O2/c1-3-21-18-17-16(22-12-24(2)19(17)25)11-15(23-18)13-5-7-14(8-6-13)20(26)9-4-10-20/h5-8,11-12,26H,3-4,9-10H2,1-2H3,(H,21,23). The zero-order chi connectivity index (χ0) is 18.3. The van der Waals surface area contributed by atoms with Crippen LogP contribution in [0.3, 0.4) is 0 Å². The van der Waals surface area contributed by atoms with E-state index in [9.17, 15) is 9.90 Å². The fraction of sp³-hybridized carbons (Fsp3) is 0.350. The van der Waals surface area contributed by atoms with Gasteiger partial charge in [-0.25, -0.2) is 9.97 Å². The van der Waals surface area contributed by atoms with Crippen molar-refractivity contribution in [2.75, 3.05) is 11.9 Å². The molecule has 6 nitrogen and oxygen atoms in total. The molecular formula is C20H22N4O2. The van der Waals surface area contributed by atoms with Crippen LogP contribution in [-0.4, -0.2) is 26.2 Å². The predicted molar refractivity (Wildman–Crippen MR) is 102 cm³/mol. The van der Waals surface area contributed by atoms with Crippen LogP contribution in [0.15, 0.2) is 41.5 Å². The van der Waals surface area contributed by atoms with Gasteiger partial charge < -0.3 is 15.0 Å². The van der Waals surface area contributed by atoms with Crippen LogP contribution in [-0.2, 0) is 12.6 Å². The summed E-state index contributed by atoms with van der Waals surface area (Å²) in [5.41, 5.74) is 2.47. The molecule has 2 aromatic heterocycles. The lowest BCUT2D eigenvalue weighted by Crippen LogP contribution is -2.33. The molecule has 1 aliphatic carbocycles. The number of aromatic nitrogens is 3. The van der Waals surface area contributed by atoms with Crippen molar-refractivity contribution in [3.8, 4) is 11.3 Å². The molecule has 0 atom stereocenters. The van der Waals surface area contributed by atoms with Gasteiger partial charge in [-0.1, -0.05) is 24.3 Å². The van der Waals surface area contributed by atoms with Gasteiger partial charge in [0.25, 0.3) is 5.56 Å². The first-order chi connectivity index (χ1) is 12.5. The molecule has 0 spiro atoms. The first kappa shape index (κ1) is 16.7. The highest BCUT2D eigenvalue weighted by molar-refractivity contribution is 5.91. The molecule has 1 fully saturated rings. The molecule has 2 heterocycles. The number of benzene rings is 1. The maximum Gasteiger partial charge on any atom is 0.264 e. The van der Waals surface area contributed by atoms with Gasteiger partial charge in [-0.15, -0.1) is 0 Å². The zero-order valence-electron chi connectivity index (χ0n) is 15.0. The normalized spacial score (nSPS) is 15.7. The summed E-state index contributed by atoms with van der Waals surface area (Å²) >= 11 is 0. The summed E-state index contributed by atoms with van der Waals surface area (Å²) in [4.78, 5) is 21.5. The van der Waals surface area contributed by atoms with Gasteiger partial charge in [0, 0.05) is 19.2 Å². The maximum absolute atomic E-state index is 12.5. The summed E-state index contributed by atoms with van der Waals surface area (Å²) < 4.78 is 1.46. The summed E-state index contributed by atoms with van der Waals surface area (Å²) in [6, 6.07) is 9.70. The molecule has 0 bridgehead atoms. The van der Waals surface area contributed by atoms with Crippen molar-refractivity contribution in [1.82, 2.24) is 14.5 Å². The molecular weight excluding hydrogens is 328 g/mol. The van der Waals surface area contributed by atoms with Crippen LogP contribution in [0.4, 0.5) is 5.82 Å². The number of aliphatic hydroxyl groups is 1. The summed E-state index contributed by atoms with van der Waals surface area (Å²) in [5.74, 6) is 0.551. The topological polar surface area (TPSA) is 80.0 Å². The average molecular weight is 350 g/mol. The first-order valence-corrected chi connectivity index (χ1v) is 8.95. The molecule has 4 rings (SSSR count). The Balaban J connectivity index is 1.81. The van der Waals surface area contributed by atoms with Crippen LogP contribution in [0.1, 0.15) is 31.7 Å². The molecule has 0 saturated heterocycles. The van der Waals surface area contributed by atoms with Gasteiger partial charge in [0.2, 0.25) is 0 Å². The third-order valence-corrected chi connectivity index (χ3v) is 5.15. The lowest BCUT2D eigenvalue weighted by molar-refractivity contribution is -0.0387. The van der Waals surface area contributed by atoms with Crippen molar-refractivity contribution in [3.63, 3.8) is 0 Å². The van der Waals surface area contributed by atoms with Gasteiger partial charge in [0.15, 0.2) is 0 Å². The predicted octanol–water partition coefficient (Wildman–Crippen LogP) is 2.80. The smallest absolute Gasteiger partial charge is 0.264 e. The van der Waals surface area contributed by atoms with Crippen LogP contribution in [0.5, 0.6) is 0 Å². The van der Waals surface area contributed by atoms with E-state index < -0.39 is 5.60 Å². The molecule has 0 amide bonds. The monoisotopic (exact) mass is 350 g/mol. The summed E-state index contributed by atoms with van der Waals surface area (Å²) in [6.07, 6.45) is 4.23. The second kappa shape index (κ2) is 6.21. The fourth-order valence-electron chi connectivity index (χ4n) is 3.42.